The van der Waals surface area contributed by atoms with Crippen LogP contribution in [0.3, 0.4) is 0 Å². The van der Waals surface area contributed by atoms with E-state index in [0.29, 0.717) is 18.1 Å². The zero-order chi connectivity index (χ0) is 14.8. The number of rotatable bonds is 1. The average Bonchev–Trinajstić information content (AvgIpc) is 2.55. The van der Waals surface area contributed by atoms with Crippen LogP contribution in [0.5, 0.6) is 17.2 Å². The van der Waals surface area contributed by atoms with Crippen molar-refractivity contribution in [2.45, 2.75) is 25.5 Å². The largest absolute Gasteiger partial charge is 0.502 e. The van der Waals surface area contributed by atoms with Crippen LogP contribution >= 0.6 is 0 Å². The van der Waals surface area contributed by atoms with Crippen LogP contribution in [-0.4, -0.2) is 18.8 Å². The lowest BCUT2D eigenvalue weighted by molar-refractivity contribution is 0.273. The molecule has 0 radical (unpaired) electrons. The Balaban J connectivity index is 1.95. The molecule has 2 aliphatic heterocycles. The predicted octanol–water partition coefficient (Wildman–Crippen LogP) is 2.70. The predicted molar refractivity (Wildman–Crippen MR) is 82.6 cm³/mol. The lowest BCUT2D eigenvalue weighted by Crippen LogP contribution is -2.35. The fourth-order valence-corrected chi connectivity index (χ4v) is 4.28. The van der Waals surface area contributed by atoms with Crippen molar-refractivity contribution in [1.82, 2.24) is 5.32 Å². The highest BCUT2D eigenvalue weighted by atomic mass is 16.5. The summed E-state index contributed by atoms with van der Waals surface area (Å²) in [6.07, 6.45) is 1.85. The van der Waals surface area contributed by atoms with Crippen molar-refractivity contribution < 1.29 is 14.6 Å². The molecule has 4 heteroatoms. The smallest absolute Gasteiger partial charge is 0.201 e. The van der Waals surface area contributed by atoms with Gasteiger partial charge in [0.15, 0.2) is 11.5 Å². The van der Waals surface area contributed by atoms with Crippen molar-refractivity contribution in [3.8, 4) is 28.4 Å². The quantitative estimate of drug-likeness (QED) is 0.849. The van der Waals surface area contributed by atoms with Gasteiger partial charge in [0, 0.05) is 17.2 Å². The molecule has 4 nitrogen and oxygen atoms in total. The fraction of sp³-hybridized carbons (Fsp3) is 0.333. The summed E-state index contributed by atoms with van der Waals surface area (Å²) in [7, 11) is 1.62. The molecule has 0 saturated carbocycles. The third-order valence-corrected chi connectivity index (χ3v) is 5.13. The van der Waals surface area contributed by atoms with E-state index in [4.69, 9.17) is 9.47 Å². The molecule has 2 N–H and O–H groups in total. The normalized spacial score (nSPS) is 20.1. The van der Waals surface area contributed by atoms with Gasteiger partial charge in [0.25, 0.3) is 0 Å². The highest BCUT2D eigenvalue weighted by molar-refractivity contribution is 5.88. The number of nitrogens with one attached hydrogen (secondary N) is 1. The Bertz CT molecular complexity index is 813. The number of ether oxygens (including phenoxy) is 2. The van der Waals surface area contributed by atoms with Gasteiger partial charge in [0.1, 0.15) is 6.61 Å². The van der Waals surface area contributed by atoms with Gasteiger partial charge < -0.3 is 19.9 Å². The van der Waals surface area contributed by atoms with E-state index >= 15 is 0 Å². The molecule has 22 heavy (non-hydrogen) atoms. The standard InChI is InChI=1S/C18H17NO3/c1-21-17-11-5-6-19-12-7-9-3-2-4-10-8-22-18(16(17)20)15(13(9)10)14(11)12/h2-4,12,19-20H,5-8H2,1H3. The van der Waals surface area contributed by atoms with Crippen LogP contribution in [0.2, 0.25) is 0 Å². The second-order valence-corrected chi connectivity index (χ2v) is 6.18. The summed E-state index contributed by atoms with van der Waals surface area (Å²) in [5.74, 6) is 1.33. The molecule has 2 aromatic rings. The Morgan fingerprint density at radius 3 is 3.00 bits per heavy atom. The number of aromatic hydroxyl groups is 1. The van der Waals surface area contributed by atoms with Crippen molar-refractivity contribution in [1.29, 1.82) is 0 Å². The first-order valence-electron chi connectivity index (χ1n) is 7.72. The summed E-state index contributed by atoms with van der Waals surface area (Å²) in [5.41, 5.74) is 7.28. The molecule has 0 fully saturated rings. The highest BCUT2D eigenvalue weighted by Gasteiger charge is 2.39. The maximum absolute atomic E-state index is 10.7. The van der Waals surface area contributed by atoms with Crippen molar-refractivity contribution in [3.63, 3.8) is 0 Å². The molecule has 112 valence electrons. The second kappa shape index (κ2) is 4.17. The minimum absolute atomic E-state index is 0.152. The Labute approximate surface area is 128 Å². The molecule has 0 aromatic heterocycles. The second-order valence-electron chi connectivity index (χ2n) is 6.18. The van der Waals surface area contributed by atoms with Crippen LogP contribution in [0.1, 0.15) is 28.3 Å². The molecule has 1 atom stereocenters. The van der Waals surface area contributed by atoms with Gasteiger partial charge in [-0.15, -0.1) is 0 Å². The molecule has 2 aromatic carbocycles. The van der Waals surface area contributed by atoms with E-state index in [0.717, 1.165) is 30.5 Å². The Morgan fingerprint density at radius 2 is 2.14 bits per heavy atom. The van der Waals surface area contributed by atoms with Crippen LogP contribution in [0.4, 0.5) is 0 Å². The molecular weight excluding hydrogens is 278 g/mol. The van der Waals surface area contributed by atoms with Crippen molar-refractivity contribution in [2.24, 2.45) is 0 Å². The minimum atomic E-state index is 0.152. The highest BCUT2D eigenvalue weighted by Crippen LogP contribution is 2.57. The monoisotopic (exact) mass is 295 g/mol. The molecule has 0 saturated heterocycles. The lowest BCUT2D eigenvalue weighted by atomic mass is 9.75. The first-order valence-corrected chi connectivity index (χ1v) is 7.72. The summed E-state index contributed by atoms with van der Waals surface area (Å²) in [6.45, 7) is 1.41. The van der Waals surface area contributed by atoms with Gasteiger partial charge in [-0.2, -0.15) is 0 Å². The van der Waals surface area contributed by atoms with Crippen molar-refractivity contribution in [3.05, 3.63) is 40.5 Å². The maximum Gasteiger partial charge on any atom is 0.201 e. The topological polar surface area (TPSA) is 50.7 Å². The number of methoxy groups -OCH3 is 1. The Morgan fingerprint density at radius 1 is 1.27 bits per heavy atom. The minimum Gasteiger partial charge on any atom is -0.502 e. The molecule has 0 bridgehead atoms. The van der Waals surface area contributed by atoms with Gasteiger partial charge in [0.05, 0.1) is 7.11 Å². The third-order valence-electron chi connectivity index (χ3n) is 5.13. The lowest BCUT2D eigenvalue weighted by Gasteiger charge is -2.38. The van der Waals surface area contributed by atoms with Crippen LogP contribution in [0.15, 0.2) is 18.2 Å². The van der Waals surface area contributed by atoms with Crippen LogP contribution in [0, 0.1) is 0 Å². The van der Waals surface area contributed by atoms with Gasteiger partial charge in [0.2, 0.25) is 5.75 Å². The number of hydrogen-bond acceptors (Lipinski definition) is 4. The molecule has 1 unspecified atom stereocenters. The molecule has 3 aliphatic rings. The summed E-state index contributed by atoms with van der Waals surface area (Å²) < 4.78 is 11.4. The van der Waals surface area contributed by atoms with Gasteiger partial charge >= 0.3 is 0 Å². The average molecular weight is 295 g/mol. The third kappa shape index (κ3) is 1.36. The van der Waals surface area contributed by atoms with Gasteiger partial charge in [-0.1, -0.05) is 18.2 Å². The molecule has 2 heterocycles. The summed E-state index contributed by atoms with van der Waals surface area (Å²) in [5, 5.41) is 14.3. The van der Waals surface area contributed by atoms with Crippen molar-refractivity contribution >= 4 is 0 Å². The van der Waals surface area contributed by atoms with Gasteiger partial charge in [-0.05, 0) is 41.6 Å². The van der Waals surface area contributed by atoms with Crippen LogP contribution < -0.4 is 14.8 Å². The van der Waals surface area contributed by atoms with E-state index in [1.165, 1.54) is 22.3 Å². The molecule has 0 spiro atoms. The van der Waals surface area contributed by atoms with E-state index in [1.807, 2.05) is 0 Å². The number of phenolic OH excluding ortho intramolecular Hbond substituents is 1. The van der Waals surface area contributed by atoms with E-state index < -0.39 is 0 Å². The van der Waals surface area contributed by atoms with E-state index in [2.05, 4.69) is 23.5 Å². The number of phenols is 1. The van der Waals surface area contributed by atoms with E-state index in [-0.39, 0.29) is 11.8 Å². The summed E-state index contributed by atoms with van der Waals surface area (Å²) in [4.78, 5) is 0. The van der Waals surface area contributed by atoms with E-state index in [9.17, 15) is 5.11 Å². The van der Waals surface area contributed by atoms with E-state index in [1.54, 1.807) is 7.11 Å². The first-order chi connectivity index (χ1) is 10.8. The maximum atomic E-state index is 10.7. The molecule has 1 aliphatic carbocycles. The first kappa shape index (κ1) is 12.4. The van der Waals surface area contributed by atoms with Crippen LogP contribution in [0.25, 0.3) is 11.1 Å². The molecule has 0 amide bonds. The number of benzene rings is 2. The van der Waals surface area contributed by atoms with Crippen LogP contribution in [-0.2, 0) is 19.4 Å². The molecular formula is C18H17NO3. The zero-order valence-corrected chi connectivity index (χ0v) is 12.4. The fourth-order valence-electron chi connectivity index (χ4n) is 4.28. The van der Waals surface area contributed by atoms with Gasteiger partial charge in [-0.3, -0.25) is 0 Å². The van der Waals surface area contributed by atoms with Gasteiger partial charge in [-0.25, -0.2) is 0 Å². The zero-order valence-electron chi connectivity index (χ0n) is 12.4. The summed E-state index contributed by atoms with van der Waals surface area (Å²) in [6, 6.07) is 6.68. The molecule has 5 rings (SSSR count). The van der Waals surface area contributed by atoms with Crippen molar-refractivity contribution in [2.75, 3.05) is 13.7 Å². The summed E-state index contributed by atoms with van der Waals surface area (Å²) >= 11 is 0. The Kier molecular flexibility index (Phi) is 2.34. The SMILES string of the molecule is COc1c(O)c2c3c4c1CCNC4Cc1cccc(c1-3)CO2. The number of hydrogen-bond donors (Lipinski definition) is 2. The Hall–Kier alpha value is -2.20.